The highest BCUT2D eigenvalue weighted by atomic mass is 32.1. The van der Waals surface area contributed by atoms with Crippen molar-refractivity contribution < 1.29 is 27.8 Å². The number of aromatic nitrogens is 1. The third kappa shape index (κ3) is 3.38. The smallest absolute Gasteiger partial charge is 0.476 e. The molecule has 0 atom stereocenters. The molecule has 0 aliphatic carbocycles. The standard InChI is InChI=1S/C11H7F3N2O3S/c12-11(13,14)19-7-4-2-1-3-6(7)16-9-8(10(17)18)15-5-20-9/h1-5,16H,(H,17,18). The maximum atomic E-state index is 12.3. The van der Waals surface area contributed by atoms with Crippen LogP contribution in [0.25, 0.3) is 0 Å². The van der Waals surface area contributed by atoms with E-state index in [1.165, 1.54) is 23.7 Å². The van der Waals surface area contributed by atoms with Crippen LogP contribution in [0.1, 0.15) is 10.5 Å². The zero-order chi connectivity index (χ0) is 14.8. The second kappa shape index (κ2) is 5.37. The Labute approximate surface area is 114 Å². The summed E-state index contributed by atoms with van der Waals surface area (Å²) in [6, 6.07) is 5.33. The van der Waals surface area contributed by atoms with Crippen LogP contribution in [0.15, 0.2) is 29.8 Å². The maximum Gasteiger partial charge on any atom is 0.573 e. The number of aromatic carboxylic acids is 1. The number of nitrogens with one attached hydrogen (secondary N) is 1. The molecular weight excluding hydrogens is 297 g/mol. The number of carbonyl (C=O) groups is 1. The van der Waals surface area contributed by atoms with Crippen molar-refractivity contribution in [3.8, 4) is 5.75 Å². The van der Waals surface area contributed by atoms with Gasteiger partial charge in [0.1, 0.15) is 5.00 Å². The second-order valence-corrected chi connectivity index (χ2v) is 4.36. The number of hydrogen-bond donors (Lipinski definition) is 2. The van der Waals surface area contributed by atoms with Gasteiger partial charge in [-0.2, -0.15) is 0 Å². The lowest BCUT2D eigenvalue weighted by molar-refractivity contribution is -0.274. The van der Waals surface area contributed by atoms with Gasteiger partial charge in [-0.1, -0.05) is 12.1 Å². The van der Waals surface area contributed by atoms with Crippen LogP contribution in [0.2, 0.25) is 0 Å². The molecule has 9 heteroatoms. The Morgan fingerprint density at radius 3 is 2.70 bits per heavy atom. The van der Waals surface area contributed by atoms with Crippen molar-refractivity contribution in [1.82, 2.24) is 4.98 Å². The molecule has 0 unspecified atom stereocenters. The molecular formula is C11H7F3N2O3S. The number of thiazole rings is 1. The number of ether oxygens (including phenoxy) is 1. The van der Waals surface area contributed by atoms with Crippen LogP contribution in [0.5, 0.6) is 5.75 Å². The number of anilines is 2. The van der Waals surface area contributed by atoms with Crippen molar-refractivity contribution in [3.63, 3.8) is 0 Å². The van der Waals surface area contributed by atoms with Gasteiger partial charge in [-0.3, -0.25) is 0 Å². The van der Waals surface area contributed by atoms with Gasteiger partial charge in [0.2, 0.25) is 0 Å². The molecule has 1 heterocycles. The highest BCUT2D eigenvalue weighted by Crippen LogP contribution is 2.34. The third-order valence-corrected chi connectivity index (χ3v) is 2.87. The summed E-state index contributed by atoms with van der Waals surface area (Å²) in [6.07, 6.45) is -4.83. The molecule has 1 aromatic carbocycles. The number of para-hydroxylation sites is 2. The number of halogens is 3. The first-order valence-electron chi connectivity index (χ1n) is 5.15. The number of carboxylic acids is 1. The third-order valence-electron chi connectivity index (χ3n) is 2.13. The van der Waals surface area contributed by atoms with Crippen LogP contribution in [-0.2, 0) is 0 Å². The molecule has 0 bridgehead atoms. The average molecular weight is 304 g/mol. The predicted molar refractivity (Wildman–Crippen MR) is 65.5 cm³/mol. The number of hydrogen-bond acceptors (Lipinski definition) is 5. The Kier molecular flexibility index (Phi) is 3.79. The lowest BCUT2D eigenvalue weighted by Gasteiger charge is -2.13. The van der Waals surface area contributed by atoms with Crippen molar-refractivity contribution in [1.29, 1.82) is 0 Å². The largest absolute Gasteiger partial charge is 0.573 e. The summed E-state index contributed by atoms with van der Waals surface area (Å²) in [4.78, 5) is 14.5. The van der Waals surface area contributed by atoms with Crippen LogP contribution in [-0.4, -0.2) is 22.4 Å². The van der Waals surface area contributed by atoms with Gasteiger partial charge in [0.15, 0.2) is 11.4 Å². The molecule has 5 nitrogen and oxygen atoms in total. The molecule has 2 aromatic rings. The van der Waals surface area contributed by atoms with Gasteiger partial charge in [-0.15, -0.1) is 24.5 Å². The first-order valence-corrected chi connectivity index (χ1v) is 6.03. The van der Waals surface area contributed by atoms with E-state index in [0.717, 1.165) is 17.4 Å². The lowest BCUT2D eigenvalue weighted by Crippen LogP contribution is -2.17. The Balaban J connectivity index is 2.29. The van der Waals surface area contributed by atoms with Crippen LogP contribution >= 0.6 is 11.3 Å². The normalized spacial score (nSPS) is 11.2. The number of alkyl halides is 3. The minimum absolute atomic E-state index is 0.00317. The Bertz CT molecular complexity index is 627. The van der Waals surface area contributed by atoms with Gasteiger partial charge in [-0.25, -0.2) is 9.78 Å². The van der Waals surface area contributed by atoms with Crippen molar-refractivity contribution >= 4 is 28.0 Å². The molecule has 0 spiro atoms. The molecule has 0 aliphatic rings. The second-order valence-electron chi connectivity index (χ2n) is 3.50. The van der Waals surface area contributed by atoms with Crippen LogP contribution in [0.4, 0.5) is 23.9 Å². The van der Waals surface area contributed by atoms with Crippen LogP contribution < -0.4 is 10.1 Å². The van der Waals surface area contributed by atoms with Crippen molar-refractivity contribution in [2.75, 3.05) is 5.32 Å². The zero-order valence-corrected chi connectivity index (χ0v) is 10.5. The van der Waals surface area contributed by atoms with E-state index < -0.39 is 18.1 Å². The fourth-order valence-electron chi connectivity index (χ4n) is 1.39. The van der Waals surface area contributed by atoms with Crippen LogP contribution in [0.3, 0.4) is 0 Å². The topological polar surface area (TPSA) is 71.5 Å². The molecule has 0 radical (unpaired) electrons. The molecule has 1 aromatic heterocycles. The minimum atomic E-state index is -4.83. The van der Waals surface area contributed by atoms with Crippen molar-refractivity contribution in [3.05, 3.63) is 35.5 Å². The summed E-state index contributed by atoms with van der Waals surface area (Å²) >= 11 is 0.960. The van der Waals surface area contributed by atoms with E-state index in [4.69, 9.17) is 5.11 Å². The Morgan fingerprint density at radius 2 is 2.05 bits per heavy atom. The molecule has 2 rings (SSSR count). The van der Waals surface area contributed by atoms with Gasteiger partial charge in [-0.05, 0) is 12.1 Å². The van der Waals surface area contributed by atoms with Gasteiger partial charge < -0.3 is 15.2 Å². The van der Waals surface area contributed by atoms with E-state index in [2.05, 4.69) is 15.0 Å². The SMILES string of the molecule is O=C(O)c1ncsc1Nc1ccccc1OC(F)(F)F. The summed E-state index contributed by atoms with van der Waals surface area (Å²) < 4.78 is 40.6. The predicted octanol–water partition coefficient (Wildman–Crippen LogP) is 3.48. The minimum Gasteiger partial charge on any atom is -0.476 e. The molecule has 0 amide bonds. The number of rotatable bonds is 4. The average Bonchev–Trinajstić information content (AvgIpc) is 2.78. The van der Waals surface area contributed by atoms with E-state index >= 15 is 0 Å². The molecule has 106 valence electrons. The molecule has 0 saturated carbocycles. The number of nitrogens with zero attached hydrogens (tertiary/aromatic N) is 1. The van der Waals surface area contributed by atoms with E-state index in [-0.39, 0.29) is 16.4 Å². The number of carboxylic acid groups (broad SMARTS) is 1. The van der Waals surface area contributed by atoms with Gasteiger partial charge >= 0.3 is 12.3 Å². The summed E-state index contributed by atoms with van der Waals surface area (Å²) in [6.45, 7) is 0. The van der Waals surface area contributed by atoms with Gasteiger partial charge in [0.25, 0.3) is 0 Å². The molecule has 2 N–H and O–H groups in total. The Hall–Kier alpha value is -2.29. The van der Waals surface area contributed by atoms with Gasteiger partial charge in [0, 0.05) is 0 Å². The summed E-state index contributed by atoms with van der Waals surface area (Å²) in [5.74, 6) is -1.73. The number of benzene rings is 1. The fraction of sp³-hybridized carbons (Fsp3) is 0.0909. The monoisotopic (exact) mass is 304 g/mol. The van der Waals surface area contributed by atoms with E-state index in [9.17, 15) is 18.0 Å². The van der Waals surface area contributed by atoms with Crippen molar-refractivity contribution in [2.24, 2.45) is 0 Å². The first-order chi connectivity index (χ1) is 9.37. The van der Waals surface area contributed by atoms with E-state index in [0.29, 0.717) is 0 Å². The van der Waals surface area contributed by atoms with E-state index in [1.54, 1.807) is 0 Å². The fourth-order valence-corrected chi connectivity index (χ4v) is 2.08. The molecule has 20 heavy (non-hydrogen) atoms. The van der Waals surface area contributed by atoms with Crippen molar-refractivity contribution in [2.45, 2.75) is 6.36 Å². The van der Waals surface area contributed by atoms with E-state index in [1.807, 2.05) is 0 Å². The highest BCUT2D eigenvalue weighted by Gasteiger charge is 2.32. The zero-order valence-electron chi connectivity index (χ0n) is 9.64. The molecule has 0 aliphatic heterocycles. The quantitative estimate of drug-likeness (QED) is 0.904. The molecule has 0 saturated heterocycles. The lowest BCUT2D eigenvalue weighted by atomic mass is 10.3. The first kappa shape index (κ1) is 14.1. The molecule has 0 fully saturated rings. The Morgan fingerprint density at radius 1 is 1.35 bits per heavy atom. The summed E-state index contributed by atoms with van der Waals surface area (Å²) in [5.41, 5.74) is 1.01. The maximum absolute atomic E-state index is 12.3. The summed E-state index contributed by atoms with van der Waals surface area (Å²) in [5, 5.41) is 11.6. The highest BCUT2D eigenvalue weighted by molar-refractivity contribution is 7.14. The van der Waals surface area contributed by atoms with Gasteiger partial charge in [0.05, 0.1) is 11.2 Å². The summed E-state index contributed by atoms with van der Waals surface area (Å²) in [7, 11) is 0. The van der Waals surface area contributed by atoms with Crippen LogP contribution in [0, 0.1) is 0 Å².